The second kappa shape index (κ2) is 4.70. The molecule has 0 spiro atoms. The molecule has 0 saturated heterocycles. The van der Waals surface area contributed by atoms with Crippen molar-refractivity contribution in [2.75, 3.05) is 0 Å². The van der Waals surface area contributed by atoms with Crippen molar-refractivity contribution in [3.05, 3.63) is 29.6 Å². The minimum atomic E-state index is 0.442. The standard InChI is InChI=1S/C12H16N2/c1-5-6-12-11(13-4)8-7-10(14-12)9(2)3/h5-9H,4H2,1-3H3/b6-5-. The fourth-order valence-corrected chi connectivity index (χ4v) is 1.22. The largest absolute Gasteiger partial charge is 0.262 e. The maximum absolute atomic E-state index is 4.51. The van der Waals surface area contributed by atoms with Gasteiger partial charge in [-0.25, -0.2) is 0 Å². The molecule has 0 N–H and O–H groups in total. The molecule has 0 amide bonds. The molecular formula is C12H16N2. The van der Waals surface area contributed by atoms with Crippen molar-refractivity contribution in [3.63, 3.8) is 0 Å². The molecule has 2 heteroatoms. The maximum atomic E-state index is 4.51. The van der Waals surface area contributed by atoms with E-state index < -0.39 is 0 Å². The van der Waals surface area contributed by atoms with Crippen LogP contribution in [-0.4, -0.2) is 11.7 Å². The fourth-order valence-electron chi connectivity index (χ4n) is 1.22. The molecule has 0 fully saturated rings. The van der Waals surface area contributed by atoms with Crippen molar-refractivity contribution < 1.29 is 0 Å². The van der Waals surface area contributed by atoms with E-state index >= 15 is 0 Å². The number of aliphatic imine (C=N–C) groups is 1. The lowest BCUT2D eigenvalue weighted by Gasteiger charge is -2.06. The van der Waals surface area contributed by atoms with Crippen molar-refractivity contribution in [2.24, 2.45) is 4.99 Å². The number of hydrogen-bond acceptors (Lipinski definition) is 2. The maximum Gasteiger partial charge on any atom is 0.0886 e. The van der Waals surface area contributed by atoms with Crippen LogP contribution in [-0.2, 0) is 0 Å². The Hall–Kier alpha value is -1.44. The number of hydrogen-bond donors (Lipinski definition) is 0. The van der Waals surface area contributed by atoms with Crippen LogP contribution in [0.5, 0.6) is 0 Å². The van der Waals surface area contributed by atoms with Crippen molar-refractivity contribution in [1.82, 2.24) is 4.98 Å². The van der Waals surface area contributed by atoms with Gasteiger partial charge in [0.2, 0.25) is 0 Å². The topological polar surface area (TPSA) is 25.2 Å². The predicted molar refractivity (Wildman–Crippen MR) is 62.2 cm³/mol. The first-order valence-electron chi connectivity index (χ1n) is 4.79. The Morgan fingerprint density at radius 2 is 2.14 bits per heavy atom. The van der Waals surface area contributed by atoms with E-state index in [1.54, 1.807) is 0 Å². The number of rotatable bonds is 3. The molecule has 0 atom stereocenters. The summed E-state index contributed by atoms with van der Waals surface area (Å²) in [6.45, 7) is 9.75. The van der Waals surface area contributed by atoms with Crippen LogP contribution in [0.15, 0.2) is 23.2 Å². The molecule has 14 heavy (non-hydrogen) atoms. The van der Waals surface area contributed by atoms with Crippen LogP contribution in [0.4, 0.5) is 5.69 Å². The summed E-state index contributed by atoms with van der Waals surface area (Å²) < 4.78 is 0. The summed E-state index contributed by atoms with van der Waals surface area (Å²) in [6, 6.07) is 3.96. The normalized spacial score (nSPS) is 11.1. The van der Waals surface area contributed by atoms with Gasteiger partial charge in [-0.15, -0.1) is 0 Å². The van der Waals surface area contributed by atoms with E-state index in [0.29, 0.717) is 5.92 Å². The summed E-state index contributed by atoms with van der Waals surface area (Å²) in [7, 11) is 0. The van der Waals surface area contributed by atoms with E-state index in [1.807, 2.05) is 31.2 Å². The second-order valence-corrected chi connectivity index (χ2v) is 3.45. The molecule has 1 heterocycles. The van der Waals surface area contributed by atoms with Crippen molar-refractivity contribution in [1.29, 1.82) is 0 Å². The van der Waals surface area contributed by atoms with E-state index in [4.69, 9.17) is 0 Å². The highest BCUT2D eigenvalue weighted by atomic mass is 14.8. The highest BCUT2D eigenvalue weighted by Gasteiger charge is 2.04. The van der Waals surface area contributed by atoms with Gasteiger partial charge in [-0.05, 0) is 37.8 Å². The van der Waals surface area contributed by atoms with Crippen LogP contribution in [0.25, 0.3) is 6.08 Å². The van der Waals surface area contributed by atoms with Crippen LogP contribution in [0.1, 0.15) is 38.1 Å². The third-order valence-corrected chi connectivity index (χ3v) is 2.01. The van der Waals surface area contributed by atoms with Gasteiger partial charge < -0.3 is 0 Å². The van der Waals surface area contributed by atoms with Gasteiger partial charge in [0, 0.05) is 5.69 Å². The molecule has 1 aromatic heterocycles. The first-order chi connectivity index (χ1) is 6.69. The summed E-state index contributed by atoms with van der Waals surface area (Å²) in [4.78, 5) is 8.44. The Morgan fingerprint density at radius 3 is 2.64 bits per heavy atom. The first kappa shape index (κ1) is 10.6. The Morgan fingerprint density at radius 1 is 1.43 bits per heavy atom. The third kappa shape index (κ3) is 2.28. The van der Waals surface area contributed by atoms with Crippen LogP contribution < -0.4 is 0 Å². The van der Waals surface area contributed by atoms with Gasteiger partial charge in [0.1, 0.15) is 0 Å². The minimum Gasteiger partial charge on any atom is -0.262 e. The summed E-state index contributed by atoms with van der Waals surface area (Å²) in [5, 5.41) is 0. The van der Waals surface area contributed by atoms with E-state index in [2.05, 4.69) is 30.5 Å². The molecule has 0 unspecified atom stereocenters. The lowest BCUT2D eigenvalue weighted by molar-refractivity contribution is 0.821. The average molecular weight is 188 g/mol. The lowest BCUT2D eigenvalue weighted by Crippen LogP contribution is -1.94. The van der Waals surface area contributed by atoms with Crippen LogP contribution >= 0.6 is 0 Å². The van der Waals surface area contributed by atoms with Crippen molar-refractivity contribution in [3.8, 4) is 0 Å². The Labute approximate surface area is 85.4 Å². The summed E-state index contributed by atoms with van der Waals surface area (Å²) in [5.41, 5.74) is 2.83. The Kier molecular flexibility index (Phi) is 3.57. The third-order valence-electron chi connectivity index (χ3n) is 2.01. The zero-order valence-electron chi connectivity index (χ0n) is 8.99. The molecule has 0 aliphatic heterocycles. The molecule has 74 valence electrons. The number of aromatic nitrogens is 1. The second-order valence-electron chi connectivity index (χ2n) is 3.45. The number of nitrogens with zero attached hydrogens (tertiary/aromatic N) is 2. The summed E-state index contributed by atoms with van der Waals surface area (Å²) in [5.74, 6) is 0.442. The molecule has 0 aliphatic rings. The molecule has 0 bridgehead atoms. The lowest BCUT2D eigenvalue weighted by atomic mass is 10.1. The van der Waals surface area contributed by atoms with Gasteiger partial charge in [-0.2, -0.15) is 0 Å². The minimum absolute atomic E-state index is 0.442. The van der Waals surface area contributed by atoms with Gasteiger partial charge in [0.25, 0.3) is 0 Å². The molecule has 0 aliphatic carbocycles. The molecular weight excluding hydrogens is 172 g/mol. The van der Waals surface area contributed by atoms with Crippen LogP contribution in [0.2, 0.25) is 0 Å². The van der Waals surface area contributed by atoms with E-state index in [9.17, 15) is 0 Å². The van der Waals surface area contributed by atoms with E-state index in [1.165, 1.54) is 0 Å². The summed E-state index contributed by atoms with van der Waals surface area (Å²) in [6.07, 6.45) is 3.91. The first-order valence-corrected chi connectivity index (χ1v) is 4.79. The van der Waals surface area contributed by atoms with Gasteiger partial charge in [0.05, 0.1) is 11.4 Å². The number of pyridine rings is 1. The van der Waals surface area contributed by atoms with Gasteiger partial charge in [-0.1, -0.05) is 19.9 Å². The van der Waals surface area contributed by atoms with Gasteiger partial charge >= 0.3 is 0 Å². The van der Waals surface area contributed by atoms with Crippen LogP contribution in [0, 0.1) is 0 Å². The van der Waals surface area contributed by atoms with Crippen LogP contribution in [0.3, 0.4) is 0 Å². The quantitative estimate of drug-likeness (QED) is 0.666. The van der Waals surface area contributed by atoms with E-state index in [-0.39, 0.29) is 0 Å². The highest BCUT2D eigenvalue weighted by Crippen LogP contribution is 2.21. The highest BCUT2D eigenvalue weighted by molar-refractivity contribution is 5.62. The molecule has 0 aromatic carbocycles. The predicted octanol–water partition coefficient (Wildman–Crippen LogP) is 3.57. The van der Waals surface area contributed by atoms with Crippen molar-refractivity contribution in [2.45, 2.75) is 26.7 Å². The molecule has 1 aromatic rings. The zero-order chi connectivity index (χ0) is 10.6. The zero-order valence-corrected chi connectivity index (χ0v) is 8.99. The number of allylic oxidation sites excluding steroid dienone is 1. The Balaban J connectivity index is 3.20. The summed E-state index contributed by atoms with van der Waals surface area (Å²) >= 11 is 0. The molecule has 1 rings (SSSR count). The van der Waals surface area contributed by atoms with Crippen molar-refractivity contribution >= 4 is 18.5 Å². The molecule has 0 saturated carbocycles. The Bertz CT molecular complexity index is 351. The average Bonchev–Trinajstić information content (AvgIpc) is 2.18. The monoisotopic (exact) mass is 188 g/mol. The van der Waals surface area contributed by atoms with Gasteiger partial charge in [-0.3, -0.25) is 9.98 Å². The molecule has 2 nitrogen and oxygen atoms in total. The van der Waals surface area contributed by atoms with E-state index in [0.717, 1.165) is 17.1 Å². The van der Waals surface area contributed by atoms with Gasteiger partial charge in [0.15, 0.2) is 0 Å². The smallest absolute Gasteiger partial charge is 0.0886 e. The fraction of sp³-hybridized carbons (Fsp3) is 0.333. The molecule has 0 radical (unpaired) electrons. The SMILES string of the molecule is C=Nc1ccc(C(C)C)nc1/C=C\C.